The fourth-order valence-electron chi connectivity index (χ4n) is 3.94. The van der Waals surface area contributed by atoms with Gasteiger partial charge in [0, 0.05) is 13.1 Å². The Morgan fingerprint density at radius 3 is 2.68 bits per heavy atom. The van der Waals surface area contributed by atoms with Gasteiger partial charge >= 0.3 is 6.03 Å². The smallest absolute Gasteiger partial charge is 0.325 e. The molecule has 8 heteroatoms. The van der Waals surface area contributed by atoms with E-state index in [1.165, 1.54) is 0 Å². The summed E-state index contributed by atoms with van der Waals surface area (Å²) in [5, 5.41) is 5.88. The Hall–Kier alpha value is -2.61. The van der Waals surface area contributed by atoms with Gasteiger partial charge in [-0.25, -0.2) is 4.79 Å². The molecule has 2 atom stereocenters. The monoisotopic (exact) mass is 388 g/mol. The lowest BCUT2D eigenvalue weighted by atomic mass is 9.92. The third kappa shape index (κ3) is 3.82. The zero-order valence-corrected chi connectivity index (χ0v) is 16.7. The number of hydrogen-bond donors (Lipinski definition) is 2. The molecule has 8 nitrogen and oxygen atoms in total. The van der Waals surface area contributed by atoms with Crippen LogP contribution in [0.2, 0.25) is 0 Å². The molecule has 0 aromatic heterocycles. The summed E-state index contributed by atoms with van der Waals surface area (Å²) in [6, 6.07) is 6.43. The van der Waals surface area contributed by atoms with Crippen LogP contribution < -0.4 is 15.4 Å². The van der Waals surface area contributed by atoms with Crippen LogP contribution in [0.15, 0.2) is 24.3 Å². The molecule has 3 rings (SSSR count). The van der Waals surface area contributed by atoms with Crippen molar-refractivity contribution in [2.24, 2.45) is 5.92 Å². The molecular formula is C20H28N4O4. The molecule has 0 radical (unpaired) electrons. The summed E-state index contributed by atoms with van der Waals surface area (Å²) in [7, 11) is 3.46. The summed E-state index contributed by atoms with van der Waals surface area (Å²) in [6.07, 6.45) is 2.01. The number of urea groups is 1. The molecule has 2 unspecified atom stereocenters. The standard InChI is InChI=1S/C20H28N4O4/c1-20(15-6-8-16(28-3)9-7-15)18(26)24(19(27)22-20)13-17(25)23-10-4-5-14(12-23)11-21-2/h6-9,14,21H,4-5,10-13H2,1-3H3,(H,22,27). The summed E-state index contributed by atoms with van der Waals surface area (Å²) in [4.78, 5) is 41.0. The molecule has 0 aliphatic carbocycles. The predicted molar refractivity (Wildman–Crippen MR) is 104 cm³/mol. The molecule has 2 fully saturated rings. The van der Waals surface area contributed by atoms with Crippen LogP contribution in [-0.2, 0) is 15.1 Å². The van der Waals surface area contributed by atoms with Crippen molar-refractivity contribution in [1.29, 1.82) is 0 Å². The Morgan fingerprint density at radius 1 is 1.32 bits per heavy atom. The molecule has 1 aromatic rings. The number of rotatable bonds is 6. The number of benzene rings is 1. The highest BCUT2D eigenvalue weighted by atomic mass is 16.5. The lowest BCUT2D eigenvalue weighted by Gasteiger charge is -2.33. The van der Waals surface area contributed by atoms with E-state index in [1.54, 1.807) is 43.2 Å². The molecule has 2 aliphatic rings. The second-order valence-electron chi connectivity index (χ2n) is 7.58. The van der Waals surface area contributed by atoms with Crippen LogP contribution in [0.4, 0.5) is 4.79 Å². The summed E-state index contributed by atoms with van der Waals surface area (Å²) < 4.78 is 5.14. The highest BCUT2D eigenvalue weighted by molar-refractivity contribution is 6.09. The van der Waals surface area contributed by atoms with Crippen LogP contribution in [-0.4, -0.2) is 68.0 Å². The van der Waals surface area contributed by atoms with Crippen molar-refractivity contribution in [3.8, 4) is 5.75 Å². The number of hydrogen-bond acceptors (Lipinski definition) is 5. The minimum absolute atomic E-state index is 0.191. The van der Waals surface area contributed by atoms with Gasteiger partial charge in [-0.05, 0) is 57.0 Å². The van der Waals surface area contributed by atoms with Gasteiger partial charge in [0.05, 0.1) is 7.11 Å². The number of imide groups is 1. The first-order chi connectivity index (χ1) is 13.4. The van der Waals surface area contributed by atoms with Crippen LogP contribution in [0.25, 0.3) is 0 Å². The Labute approximate surface area is 165 Å². The summed E-state index contributed by atoms with van der Waals surface area (Å²) in [6.45, 7) is 3.59. The van der Waals surface area contributed by atoms with Gasteiger partial charge in [-0.1, -0.05) is 12.1 Å². The van der Waals surface area contributed by atoms with Crippen LogP contribution in [0, 0.1) is 5.92 Å². The number of amides is 4. The fourth-order valence-corrected chi connectivity index (χ4v) is 3.94. The lowest BCUT2D eigenvalue weighted by molar-refractivity contribution is -0.139. The SMILES string of the molecule is CNCC1CCCN(C(=O)CN2C(=O)NC(C)(c3ccc(OC)cc3)C2=O)C1. The Bertz CT molecular complexity index is 749. The fraction of sp³-hybridized carbons (Fsp3) is 0.550. The number of ether oxygens (including phenoxy) is 1. The van der Waals surface area contributed by atoms with Gasteiger partial charge in [0.1, 0.15) is 17.8 Å². The van der Waals surface area contributed by atoms with Gasteiger partial charge in [-0.3, -0.25) is 14.5 Å². The van der Waals surface area contributed by atoms with E-state index >= 15 is 0 Å². The third-order valence-corrected chi connectivity index (χ3v) is 5.60. The van der Waals surface area contributed by atoms with Crippen molar-refractivity contribution in [3.05, 3.63) is 29.8 Å². The van der Waals surface area contributed by atoms with E-state index in [-0.39, 0.29) is 12.5 Å². The minimum atomic E-state index is -1.19. The first-order valence-corrected chi connectivity index (χ1v) is 9.60. The van der Waals surface area contributed by atoms with Crippen molar-refractivity contribution in [1.82, 2.24) is 20.4 Å². The van der Waals surface area contributed by atoms with E-state index in [9.17, 15) is 14.4 Å². The molecule has 0 saturated carbocycles. The zero-order valence-electron chi connectivity index (χ0n) is 16.7. The number of nitrogens with one attached hydrogen (secondary N) is 2. The first kappa shape index (κ1) is 20.1. The van der Waals surface area contributed by atoms with E-state index < -0.39 is 17.5 Å². The number of likely N-dealkylation sites (tertiary alicyclic amines) is 1. The number of methoxy groups -OCH3 is 1. The van der Waals surface area contributed by atoms with Crippen LogP contribution in [0.1, 0.15) is 25.3 Å². The normalized spacial score (nSPS) is 25.0. The third-order valence-electron chi connectivity index (χ3n) is 5.60. The molecule has 4 amide bonds. The maximum Gasteiger partial charge on any atom is 0.325 e. The maximum atomic E-state index is 13.0. The van der Waals surface area contributed by atoms with Crippen molar-refractivity contribution >= 4 is 17.8 Å². The molecule has 152 valence electrons. The summed E-state index contributed by atoms with van der Waals surface area (Å²) >= 11 is 0. The van der Waals surface area contributed by atoms with E-state index in [1.807, 2.05) is 7.05 Å². The van der Waals surface area contributed by atoms with Crippen molar-refractivity contribution in [2.75, 3.05) is 40.3 Å². The number of carbonyl (C=O) groups excluding carboxylic acids is 3. The number of carbonyl (C=O) groups is 3. The molecule has 1 aromatic carbocycles. The first-order valence-electron chi connectivity index (χ1n) is 9.60. The van der Waals surface area contributed by atoms with Crippen LogP contribution in [0.3, 0.4) is 0 Å². The molecule has 28 heavy (non-hydrogen) atoms. The van der Waals surface area contributed by atoms with Crippen molar-refractivity contribution < 1.29 is 19.1 Å². The Kier molecular flexibility index (Phi) is 5.88. The second kappa shape index (κ2) is 8.18. The molecular weight excluding hydrogens is 360 g/mol. The largest absolute Gasteiger partial charge is 0.497 e. The van der Waals surface area contributed by atoms with E-state index in [4.69, 9.17) is 4.74 Å². The quantitative estimate of drug-likeness (QED) is 0.708. The van der Waals surface area contributed by atoms with Gasteiger partial charge in [0.2, 0.25) is 5.91 Å². The predicted octanol–water partition coefficient (Wildman–Crippen LogP) is 0.920. The number of nitrogens with zero attached hydrogens (tertiary/aromatic N) is 2. The molecule has 0 spiro atoms. The van der Waals surface area contributed by atoms with Crippen molar-refractivity contribution in [2.45, 2.75) is 25.3 Å². The summed E-state index contributed by atoms with van der Waals surface area (Å²) in [5.41, 5.74) is -0.547. The summed E-state index contributed by atoms with van der Waals surface area (Å²) in [5.74, 6) is 0.454. The molecule has 2 aliphatic heterocycles. The number of piperidine rings is 1. The highest BCUT2D eigenvalue weighted by Crippen LogP contribution is 2.30. The molecule has 0 bridgehead atoms. The Balaban J connectivity index is 1.70. The zero-order chi connectivity index (χ0) is 20.3. The highest BCUT2D eigenvalue weighted by Gasteiger charge is 2.49. The van der Waals surface area contributed by atoms with Gasteiger partial charge < -0.3 is 20.3 Å². The van der Waals surface area contributed by atoms with E-state index in [0.717, 1.165) is 24.3 Å². The van der Waals surface area contributed by atoms with Crippen LogP contribution in [0.5, 0.6) is 5.75 Å². The van der Waals surface area contributed by atoms with Crippen molar-refractivity contribution in [3.63, 3.8) is 0 Å². The van der Waals surface area contributed by atoms with Gasteiger partial charge in [0.15, 0.2) is 0 Å². The van der Waals surface area contributed by atoms with Gasteiger partial charge in [-0.15, -0.1) is 0 Å². The maximum absolute atomic E-state index is 13.0. The van der Waals surface area contributed by atoms with Gasteiger partial charge in [-0.2, -0.15) is 0 Å². The molecule has 2 N–H and O–H groups in total. The van der Waals surface area contributed by atoms with E-state index in [2.05, 4.69) is 10.6 Å². The molecule has 2 heterocycles. The Morgan fingerprint density at radius 2 is 2.04 bits per heavy atom. The second-order valence-corrected chi connectivity index (χ2v) is 7.58. The van der Waals surface area contributed by atoms with Crippen LogP contribution >= 0.6 is 0 Å². The average molecular weight is 388 g/mol. The topological polar surface area (TPSA) is 91.0 Å². The van der Waals surface area contributed by atoms with E-state index in [0.29, 0.717) is 30.3 Å². The lowest BCUT2D eigenvalue weighted by Crippen LogP contribution is -2.48. The average Bonchev–Trinajstić information content (AvgIpc) is 2.92. The minimum Gasteiger partial charge on any atom is -0.497 e. The van der Waals surface area contributed by atoms with Gasteiger partial charge in [0.25, 0.3) is 5.91 Å². The molecule has 2 saturated heterocycles.